The molecule has 0 saturated heterocycles. The highest BCUT2D eigenvalue weighted by Crippen LogP contribution is 2.10. The summed E-state index contributed by atoms with van der Waals surface area (Å²) in [6.45, 7) is 2.48. The number of aliphatic hydroxyl groups is 5. The van der Waals surface area contributed by atoms with Crippen molar-refractivity contribution >= 4 is 0 Å². The van der Waals surface area contributed by atoms with Crippen LogP contribution in [0.25, 0.3) is 0 Å². The number of hydrogen-bond donors (Lipinski definition) is 6. The number of aliphatic hydroxyl groups excluding tert-OH is 5. The van der Waals surface area contributed by atoms with Gasteiger partial charge in [0.2, 0.25) is 0 Å². The minimum absolute atomic E-state index is 0.0451. The van der Waals surface area contributed by atoms with Gasteiger partial charge < -0.3 is 31.3 Å². The van der Waals surface area contributed by atoms with Crippen molar-refractivity contribution < 1.29 is 25.5 Å². The van der Waals surface area contributed by atoms with Gasteiger partial charge in [-0.15, -0.1) is 0 Å². The van der Waals surface area contributed by atoms with E-state index >= 15 is 0 Å². The Labute approximate surface area is 90.0 Å². The zero-order valence-electron chi connectivity index (χ0n) is 9.35. The first kappa shape index (κ1) is 17.2. The molecule has 0 unspecified atom stereocenters. The molecule has 0 spiro atoms. The average molecular weight is 225 g/mol. The number of hydrogen-bond acceptors (Lipinski definition) is 6. The van der Waals surface area contributed by atoms with E-state index < -0.39 is 25.4 Å². The molecule has 7 N–H and O–H groups in total. The predicted molar refractivity (Wildman–Crippen MR) is 56.1 cm³/mol. The van der Waals surface area contributed by atoms with Crippen LogP contribution in [0.2, 0.25) is 0 Å². The standard InChI is InChI=1S/C5H12O2.C4H11NO3/c1-5(2,3-6)4-7;5-4(1-6,2-7)3-8/h6-7H,3-4H2,1-2H3;6-8H,1-3,5H2. The summed E-state index contributed by atoms with van der Waals surface area (Å²) in [7, 11) is 0. The van der Waals surface area contributed by atoms with Crippen molar-refractivity contribution in [1.82, 2.24) is 0 Å². The maximum atomic E-state index is 8.43. The molecule has 0 amide bonds. The Morgan fingerprint density at radius 2 is 1.00 bits per heavy atom. The molecule has 0 bridgehead atoms. The normalized spacial score (nSPS) is 12.0. The Morgan fingerprint density at radius 3 is 1.00 bits per heavy atom. The Bertz CT molecular complexity index is 133. The largest absolute Gasteiger partial charge is 0.396 e. The van der Waals surface area contributed by atoms with E-state index in [2.05, 4.69) is 0 Å². The highest BCUT2D eigenvalue weighted by Gasteiger charge is 2.20. The van der Waals surface area contributed by atoms with Crippen LogP contribution in [0.3, 0.4) is 0 Å². The van der Waals surface area contributed by atoms with Crippen LogP contribution in [0.4, 0.5) is 0 Å². The van der Waals surface area contributed by atoms with Gasteiger partial charge in [-0.2, -0.15) is 0 Å². The van der Waals surface area contributed by atoms with Crippen molar-refractivity contribution in [3.8, 4) is 0 Å². The van der Waals surface area contributed by atoms with Crippen LogP contribution in [-0.2, 0) is 0 Å². The molecule has 0 aromatic heterocycles. The van der Waals surface area contributed by atoms with E-state index in [-0.39, 0.29) is 18.6 Å². The van der Waals surface area contributed by atoms with E-state index in [9.17, 15) is 0 Å². The van der Waals surface area contributed by atoms with Crippen molar-refractivity contribution in [2.24, 2.45) is 11.1 Å². The Morgan fingerprint density at radius 1 is 0.733 bits per heavy atom. The maximum Gasteiger partial charge on any atom is 0.0856 e. The molecule has 94 valence electrons. The second-order valence-electron chi connectivity index (χ2n) is 4.32. The van der Waals surface area contributed by atoms with Crippen molar-refractivity contribution in [2.45, 2.75) is 19.4 Å². The fourth-order valence-electron chi connectivity index (χ4n) is 0.200. The Balaban J connectivity index is 0. The number of rotatable bonds is 5. The quantitative estimate of drug-likeness (QED) is 0.311. The van der Waals surface area contributed by atoms with Crippen molar-refractivity contribution in [3.05, 3.63) is 0 Å². The van der Waals surface area contributed by atoms with Gasteiger partial charge in [-0.1, -0.05) is 13.8 Å². The second kappa shape index (κ2) is 7.98. The summed E-state index contributed by atoms with van der Waals surface area (Å²) in [5, 5.41) is 41.9. The van der Waals surface area contributed by atoms with E-state index in [1.807, 2.05) is 0 Å². The first-order valence-corrected chi connectivity index (χ1v) is 4.64. The molecular weight excluding hydrogens is 202 g/mol. The van der Waals surface area contributed by atoms with Crippen LogP contribution < -0.4 is 5.73 Å². The molecule has 0 aliphatic carbocycles. The average Bonchev–Trinajstić information content (AvgIpc) is 2.29. The Hall–Kier alpha value is -0.240. The first-order chi connectivity index (χ1) is 6.80. The summed E-state index contributed by atoms with van der Waals surface area (Å²) in [5.74, 6) is 0. The molecule has 0 aromatic carbocycles. The monoisotopic (exact) mass is 225 g/mol. The van der Waals surface area contributed by atoms with Gasteiger partial charge in [-0.3, -0.25) is 0 Å². The van der Waals surface area contributed by atoms with Crippen LogP contribution in [0.5, 0.6) is 0 Å². The van der Waals surface area contributed by atoms with E-state index in [0.717, 1.165) is 0 Å². The molecule has 0 saturated carbocycles. The molecular formula is C9H23NO5. The molecule has 0 aliphatic heterocycles. The zero-order chi connectivity index (χ0) is 12.5. The lowest BCUT2D eigenvalue weighted by Crippen LogP contribution is -2.50. The predicted octanol–water partition coefficient (Wildman–Crippen LogP) is -2.34. The summed E-state index contributed by atoms with van der Waals surface area (Å²) in [4.78, 5) is 0. The Kier molecular flexibility index (Phi) is 9.13. The fraction of sp³-hybridized carbons (Fsp3) is 1.00. The summed E-state index contributed by atoms with van der Waals surface area (Å²) < 4.78 is 0. The SMILES string of the molecule is CC(C)(CO)CO.NC(CO)(CO)CO. The van der Waals surface area contributed by atoms with Crippen LogP contribution >= 0.6 is 0 Å². The highest BCUT2D eigenvalue weighted by molar-refractivity contribution is 4.80. The lowest BCUT2D eigenvalue weighted by molar-refractivity contribution is 0.0697. The molecule has 0 aliphatic rings. The van der Waals surface area contributed by atoms with Gasteiger partial charge in [0, 0.05) is 5.41 Å². The van der Waals surface area contributed by atoms with Crippen molar-refractivity contribution in [2.75, 3.05) is 33.0 Å². The van der Waals surface area contributed by atoms with Crippen LogP contribution in [0.1, 0.15) is 13.8 Å². The lowest BCUT2D eigenvalue weighted by atomic mass is 9.97. The van der Waals surface area contributed by atoms with Crippen LogP contribution in [0, 0.1) is 5.41 Å². The molecule has 15 heavy (non-hydrogen) atoms. The van der Waals surface area contributed by atoms with E-state index in [4.69, 9.17) is 31.3 Å². The van der Waals surface area contributed by atoms with E-state index in [0.29, 0.717) is 0 Å². The third-order valence-corrected chi connectivity index (χ3v) is 1.80. The highest BCUT2D eigenvalue weighted by atomic mass is 16.3. The van der Waals surface area contributed by atoms with Gasteiger partial charge in [0.15, 0.2) is 0 Å². The minimum Gasteiger partial charge on any atom is -0.396 e. The van der Waals surface area contributed by atoms with Crippen molar-refractivity contribution in [3.63, 3.8) is 0 Å². The van der Waals surface area contributed by atoms with Gasteiger partial charge >= 0.3 is 0 Å². The van der Waals surface area contributed by atoms with E-state index in [1.165, 1.54) is 0 Å². The molecule has 6 heteroatoms. The molecule has 6 nitrogen and oxygen atoms in total. The summed E-state index contributed by atoms with van der Waals surface area (Å²) in [6.07, 6.45) is 0. The van der Waals surface area contributed by atoms with Gasteiger partial charge in [-0.05, 0) is 0 Å². The molecule has 0 fully saturated rings. The summed E-state index contributed by atoms with van der Waals surface area (Å²) >= 11 is 0. The van der Waals surface area contributed by atoms with Gasteiger partial charge in [0.1, 0.15) is 0 Å². The zero-order valence-corrected chi connectivity index (χ0v) is 9.35. The van der Waals surface area contributed by atoms with E-state index in [1.54, 1.807) is 13.8 Å². The third-order valence-electron chi connectivity index (χ3n) is 1.80. The lowest BCUT2D eigenvalue weighted by Gasteiger charge is -2.20. The smallest absolute Gasteiger partial charge is 0.0856 e. The van der Waals surface area contributed by atoms with Crippen molar-refractivity contribution in [1.29, 1.82) is 0 Å². The van der Waals surface area contributed by atoms with Crippen LogP contribution in [0.15, 0.2) is 0 Å². The summed E-state index contributed by atoms with van der Waals surface area (Å²) in [6, 6.07) is 0. The molecule has 0 rings (SSSR count). The topological polar surface area (TPSA) is 127 Å². The fourth-order valence-corrected chi connectivity index (χ4v) is 0.200. The second-order valence-corrected chi connectivity index (χ2v) is 4.32. The van der Waals surface area contributed by atoms with Gasteiger partial charge in [0.05, 0.1) is 38.6 Å². The molecule has 0 heterocycles. The molecule has 0 atom stereocenters. The first-order valence-electron chi connectivity index (χ1n) is 4.64. The molecule has 0 aromatic rings. The third kappa shape index (κ3) is 8.73. The number of nitrogens with two attached hydrogens (primary N) is 1. The van der Waals surface area contributed by atoms with Crippen LogP contribution in [-0.4, -0.2) is 64.1 Å². The summed E-state index contributed by atoms with van der Waals surface area (Å²) in [5.41, 5.74) is 3.63. The minimum atomic E-state index is -1.21. The maximum absolute atomic E-state index is 8.43. The van der Waals surface area contributed by atoms with Gasteiger partial charge in [-0.25, -0.2) is 0 Å². The van der Waals surface area contributed by atoms with Gasteiger partial charge in [0.25, 0.3) is 0 Å². The molecule has 0 radical (unpaired) electrons.